The molecule has 2 nitrogen and oxygen atoms in total. The summed E-state index contributed by atoms with van der Waals surface area (Å²) in [5.41, 5.74) is 3.66. The fourth-order valence-corrected chi connectivity index (χ4v) is 0.809. The van der Waals surface area contributed by atoms with E-state index in [4.69, 9.17) is 0 Å². The third-order valence-corrected chi connectivity index (χ3v) is 1.48. The van der Waals surface area contributed by atoms with E-state index in [2.05, 4.69) is 10.7 Å². The summed E-state index contributed by atoms with van der Waals surface area (Å²) < 4.78 is 61.0. The molecule has 1 rings (SSSR count). The summed E-state index contributed by atoms with van der Waals surface area (Å²) >= 11 is 0. The number of nitrogens with two attached hydrogens (primary N) is 1. The quantitative estimate of drug-likeness (QED) is 0.722. The number of alkyl halides is 3. The van der Waals surface area contributed by atoms with Crippen molar-refractivity contribution in [1.82, 2.24) is 4.98 Å². The van der Waals surface area contributed by atoms with E-state index in [1.54, 1.807) is 0 Å². The summed E-state index contributed by atoms with van der Waals surface area (Å²) in [5.74, 6) is -2.46. The van der Waals surface area contributed by atoms with Crippen LogP contribution in [0.5, 0.6) is 0 Å². The van der Waals surface area contributed by atoms with Gasteiger partial charge in [0.05, 0.1) is 6.20 Å². The first-order valence-electron chi connectivity index (χ1n) is 3.45. The number of nitrogens with zero attached hydrogens (tertiary/aromatic N) is 1. The van der Waals surface area contributed by atoms with Gasteiger partial charge < -0.3 is 5.73 Å². The fraction of sp³-hybridized carbons (Fsp3) is 0.286. The van der Waals surface area contributed by atoms with Gasteiger partial charge in [-0.15, -0.1) is 0 Å². The van der Waals surface area contributed by atoms with E-state index < -0.39 is 29.5 Å². The Bertz CT molecular complexity index is 335. The van der Waals surface area contributed by atoms with Crippen molar-refractivity contribution >= 4 is 0 Å². The highest BCUT2D eigenvalue weighted by Gasteiger charge is 2.40. The van der Waals surface area contributed by atoms with E-state index in [9.17, 15) is 22.0 Å². The van der Waals surface area contributed by atoms with Gasteiger partial charge in [-0.05, 0) is 0 Å². The van der Waals surface area contributed by atoms with Gasteiger partial charge in [0.1, 0.15) is 23.4 Å². The third-order valence-electron chi connectivity index (χ3n) is 1.48. The molecular weight excluding hydrogens is 207 g/mol. The van der Waals surface area contributed by atoms with Crippen molar-refractivity contribution < 1.29 is 22.0 Å². The summed E-state index contributed by atoms with van der Waals surface area (Å²) in [7, 11) is 0. The smallest absolute Gasteiger partial charge is 0.315 e. The predicted molar refractivity (Wildman–Crippen MR) is 37.1 cm³/mol. The highest BCUT2D eigenvalue weighted by atomic mass is 19.4. The van der Waals surface area contributed by atoms with Crippen molar-refractivity contribution in [2.24, 2.45) is 5.73 Å². The van der Waals surface area contributed by atoms with Crippen LogP contribution in [0.15, 0.2) is 12.3 Å². The highest BCUT2D eigenvalue weighted by Crippen LogP contribution is 2.30. The predicted octanol–water partition coefficient (Wildman–Crippen LogP) is 1.92. The highest BCUT2D eigenvalue weighted by molar-refractivity contribution is 5.13. The molecule has 78 valence electrons. The Morgan fingerprint density at radius 1 is 1.29 bits per heavy atom. The van der Waals surface area contributed by atoms with Crippen LogP contribution in [-0.2, 0) is 0 Å². The second-order valence-corrected chi connectivity index (χ2v) is 2.54. The molecule has 0 amide bonds. The van der Waals surface area contributed by atoms with Crippen LogP contribution in [0, 0.1) is 11.6 Å². The second-order valence-electron chi connectivity index (χ2n) is 2.54. The van der Waals surface area contributed by atoms with Gasteiger partial charge in [0, 0.05) is 6.07 Å². The largest absolute Gasteiger partial charge is 0.409 e. The van der Waals surface area contributed by atoms with Crippen LogP contribution >= 0.6 is 0 Å². The molecule has 0 bridgehead atoms. The SMILES string of the molecule is N[C@H](c1ncc(F)cc1F)C(F)(F)F. The Labute approximate surface area is 75.5 Å². The molecule has 7 heteroatoms. The Hall–Kier alpha value is -1.24. The van der Waals surface area contributed by atoms with Crippen LogP contribution < -0.4 is 5.73 Å². The number of halogens is 5. The molecular formula is C7H5F5N2. The zero-order chi connectivity index (χ0) is 10.9. The topological polar surface area (TPSA) is 38.9 Å². The molecule has 0 aliphatic rings. The summed E-state index contributed by atoms with van der Waals surface area (Å²) in [4.78, 5) is 2.95. The lowest BCUT2D eigenvalue weighted by Crippen LogP contribution is -2.30. The Morgan fingerprint density at radius 2 is 1.86 bits per heavy atom. The van der Waals surface area contributed by atoms with Crippen LogP contribution in [0.4, 0.5) is 22.0 Å². The lowest BCUT2D eigenvalue weighted by atomic mass is 10.2. The molecule has 0 unspecified atom stereocenters. The first-order valence-corrected chi connectivity index (χ1v) is 3.45. The fourth-order valence-electron chi connectivity index (χ4n) is 0.809. The number of rotatable bonds is 1. The zero-order valence-electron chi connectivity index (χ0n) is 6.65. The first-order chi connectivity index (χ1) is 6.32. The number of pyridine rings is 1. The molecule has 0 aromatic carbocycles. The number of hydrogen-bond acceptors (Lipinski definition) is 2. The molecule has 14 heavy (non-hydrogen) atoms. The standard InChI is InChI=1S/C7H5F5N2/c8-3-1-4(9)5(14-2-3)6(13)7(10,11)12/h1-2,6H,13H2/t6-/m1/s1. The van der Waals surface area contributed by atoms with Gasteiger partial charge in [0.25, 0.3) is 0 Å². The lowest BCUT2D eigenvalue weighted by Gasteiger charge is -2.15. The molecule has 0 aliphatic heterocycles. The molecule has 2 N–H and O–H groups in total. The van der Waals surface area contributed by atoms with Gasteiger partial charge in [-0.1, -0.05) is 0 Å². The van der Waals surface area contributed by atoms with Gasteiger partial charge in [-0.2, -0.15) is 13.2 Å². The maximum Gasteiger partial charge on any atom is 0.409 e. The molecule has 0 aliphatic carbocycles. The molecule has 0 saturated heterocycles. The number of aromatic nitrogens is 1. The Balaban J connectivity index is 3.08. The van der Waals surface area contributed by atoms with Gasteiger partial charge in [-0.25, -0.2) is 8.78 Å². The van der Waals surface area contributed by atoms with E-state index in [0.29, 0.717) is 12.3 Å². The van der Waals surface area contributed by atoms with E-state index >= 15 is 0 Å². The van der Waals surface area contributed by atoms with Crippen molar-refractivity contribution in [2.45, 2.75) is 12.2 Å². The Morgan fingerprint density at radius 3 is 2.29 bits per heavy atom. The van der Waals surface area contributed by atoms with Crippen molar-refractivity contribution in [3.8, 4) is 0 Å². The van der Waals surface area contributed by atoms with E-state index in [0.717, 1.165) is 0 Å². The molecule has 0 saturated carbocycles. The summed E-state index contributed by atoms with van der Waals surface area (Å²) in [5, 5.41) is 0. The van der Waals surface area contributed by atoms with E-state index in [-0.39, 0.29) is 0 Å². The Kier molecular flexibility index (Phi) is 2.70. The van der Waals surface area contributed by atoms with Gasteiger partial charge in [-0.3, -0.25) is 4.98 Å². The molecule has 1 heterocycles. The summed E-state index contributed by atoms with van der Waals surface area (Å²) in [6.45, 7) is 0. The lowest BCUT2D eigenvalue weighted by molar-refractivity contribution is -0.150. The molecule has 1 aromatic rings. The van der Waals surface area contributed by atoms with Crippen LogP contribution in [0.2, 0.25) is 0 Å². The van der Waals surface area contributed by atoms with Crippen molar-refractivity contribution in [3.63, 3.8) is 0 Å². The minimum Gasteiger partial charge on any atom is -0.315 e. The molecule has 0 fully saturated rings. The minimum atomic E-state index is -4.80. The van der Waals surface area contributed by atoms with Gasteiger partial charge in [0.15, 0.2) is 0 Å². The zero-order valence-corrected chi connectivity index (χ0v) is 6.65. The monoisotopic (exact) mass is 212 g/mol. The first kappa shape index (κ1) is 10.8. The minimum absolute atomic E-state index is 0.300. The van der Waals surface area contributed by atoms with Gasteiger partial charge >= 0.3 is 6.18 Å². The second kappa shape index (κ2) is 3.49. The average molecular weight is 212 g/mol. The van der Waals surface area contributed by atoms with E-state index in [1.807, 2.05) is 0 Å². The van der Waals surface area contributed by atoms with Crippen LogP contribution in [0.1, 0.15) is 11.7 Å². The van der Waals surface area contributed by atoms with Gasteiger partial charge in [0.2, 0.25) is 0 Å². The molecule has 1 aromatic heterocycles. The normalized spacial score (nSPS) is 14.1. The average Bonchev–Trinajstić information content (AvgIpc) is 2.01. The number of hydrogen-bond donors (Lipinski definition) is 1. The van der Waals surface area contributed by atoms with Crippen LogP contribution in [0.25, 0.3) is 0 Å². The van der Waals surface area contributed by atoms with Crippen molar-refractivity contribution in [1.29, 1.82) is 0 Å². The molecule has 0 radical (unpaired) electrons. The maximum atomic E-state index is 12.7. The van der Waals surface area contributed by atoms with Crippen molar-refractivity contribution in [3.05, 3.63) is 29.6 Å². The maximum absolute atomic E-state index is 12.7. The third kappa shape index (κ3) is 2.16. The van der Waals surface area contributed by atoms with Crippen LogP contribution in [-0.4, -0.2) is 11.2 Å². The molecule has 0 spiro atoms. The van der Waals surface area contributed by atoms with Crippen molar-refractivity contribution in [2.75, 3.05) is 0 Å². The summed E-state index contributed by atoms with van der Waals surface area (Å²) in [6, 6.07) is -2.24. The van der Waals surface area contributed by atoms with Crippen LogP contribution in [0.3, 0.4) is 0 Å². The van der Waals surface area contributed by atoms with E-state index in [1.165, 1.54) is 0 Å². The molecule has 1 atom stereocenters. The summed E-state index contributed by atoms with van der Waals surface area (Å²) in [6.07, 6.45) is -4.32.